The molecule has 9 heteroatoms. The summed E-state index contributed by atoms with van der Waals surface area (Å²) in [7, 11) is 0. The molecule has 0 spiro atoms. The summed E-state index contributed by atoms with van der Waals surface area (Å²) < 4.78 is 46.6. The molecule has 0 aliphatic rings. The topological polar surface area (TPSA) is 73.5 Å². The molecule has 5 aromatic rings. The highest BCUT2D eigenvalue weighted by molar-refractivity contribution is 6.03. The summed E-state index contributed by atoms with van der Waals surface area (Å²) in [5.74, 6) is -0.392. The average molecular weight is 501 g/mol. The van der Waals surface area contributed by atoms with Crippen molar-refractivity contribution in [2.45, 2.75) is 13.1 Å². The fraction of sp³-hybridized carbons (Fsp3) is 0.0714. The fourth-order valence-corrected chi connectivity index (χ4v) is 4.02. The van der Waals surface area contributed by atoms with Gasteiger partial charge in [0.1, 0.15) is 5.75 Å². The van der Waals surface area contributed by atoms with Gasteiger partial charge >= 0.3 is 12.1 Å². The van der Waals surface area contributed by atoms with Crippen LogP contribution in [0.5, 0.6) is 5.75 Å². The summed E-state index contributed by atoms with van der Waals surface area (Å²) in [6, 6.07) is 21.8. The predicted molar refractivity (Wildman–Crippen MR) is 135 cm³/mol. The Morgan fingerprint density at radius 2 is 1.68 bits per heavy atom. The number of halogens is 3. The standard InChI is InChI=1S/C28H18F3N3O3/c1-17(35)37-25-14-13-18-7-2-3-10-21(18)23(25)16-32-34-26(19-8-6-9-20(15-19)28(29,30)31)33-24-12-5-4-11-22(24)27(34)36/h2-16H,1H3. The van der Waals surface area contributed by atoms with Gasteiger partial charge in [0.25, 0.3) is 5.56 Å². The van der Waals surface area contributed by atoms with E-state index in [1.165, 1.54) is 25.3 Å². The number of hydrogen-bond acceptors (Lipinski definition) is 5. The van der Waals surface area contributed by atoms with Gasteiger partial charge in [-0.05, 0) is 41.1 Å². The number of rotatable bonds is 4. The molecule has 0 unspecified atom stereocenters. The lowest BCUT2D eigenvalue weighted by Gasteiger charge is -2.13. The van der Waals surface area contributed by atoms with E-state index in [-0.39, 0.29) is 22.5 Å². The van der Waals surface area contributed by atoms with E-state index in [0.717, 1.165) is 22.2 Å². The minimum Gasteiger partial charge on any atom is -0.426 e. The largest absolute Gasteiger partial charge is 0.426 e. The van der Waals surface area contributed by atoms with Crippen LogP contribution >= 0.6 is 0 Å². The molecule has 0 saturated carbocycles. The van der Waals surface area contributed by atoms with Crippen molar-refractivity contribution in [3.63, 3.8) is 0 Å². The molecule has 0 bridgehead atoms. The van der Waals surface area contributed by atoms with E-state index >= 15 is 0 Å². The first-order chi connectivity index (χ1) is 17.7. The van der Waals surface area contributed by atoms with Crippen molar-refractivity contribution >= 4 is 33.9 Å². The molecule has 0 amide bonds. The van der Waals surface area contributed by atoms with Crippen molar-refractivity contribution in [2.24, 2.45) is 5.10 Å². The maximum atomic E-state index is 13.5. The van der Waals surface area contributed by atoms with Crippen LogP contribution in [0.25, 0.3) is 33.1 Å². The number of para-hydroxylation sites is 1. The van der Waals surface area contributed by atoms with E-state index in [9.17, 15) is 22.8 Å². The predicted octanol–water partition coefficient (Wildman–Crippen LogP) is 6.04. The fourth-order valence-electron chi connectivity index (χ4n) is 4.02. The van der Waals surface area contributed by atoms with Crippen molar-refractivity contribution in [1.82, 2.24) is 9.66 Å². The lowest BCUT2D eigenvalue weighted by atomic mass is 10.0. The van der Waals surface area contributed by atoms with Crippen LogP contribution in [0.2, 0.25) is 0 Å². The molecule has 184 valence electrons. The summed E-state index contributed by atoms with van der Waals surface area (Å²) in [5, 5.41) is 6.14. The summed E-state index contributed by atoms with van der Waals surface area (Å²) in [5.41, 5.74) is -0.647. The molecule has 0 aliphatic heterocycles. The second-order valence-corrected chi connectivity index (χ2v) is 8.18. The minimum atomic E-state index is -4.58. The van der Waals surface area contributed by atoms with E-state index in [0.29, 0.717) is 16.5 Å². The number of nitrogens with zero attached hydrogens (tertiary/aromatic N) is 3. The van der Waals surface area contributed by atoms with Gasteiger partial charge in [0, 0.05) is 18.1 Å². The zero-order chi connectivity index (χ0) is 26.2. The van der Waals surface area contributed by atoms with Crippen LogP contribution in [-0.4, -0.2) is 21.8 Å². The zero-order valence-electron chi connectivity index (χ0n) is 19.4. The Morgan fingerprint density at radius 1 is 0.946 bits per heavy atom. The summed E-state index contributed by atoms with van der Waals surface area (Å²) >= 11 is 0. The third kappa shape index (κ3) is 4.71. The molecule has 0 radical (unpaired) electrons. The lowest BCUT2D eigenvalue weighted by molar-refractivity contribution is -0.137. The van der Waals surface area contributed by atoms with Gasteiger partial charge in [0.15, 0.2) is 5.82 Å². The number of ether oxygens (including phenoxy) is 1. The summed E-state index contributed by atoms with van der Waals surface area (Å²) in [6.07, 6.45) is -3.24. The van der Waals surface area contributed by atoms with E-state index in [1.807, 2.05) is 12.1 Å². The zero-order valence-corrected chi connectivity index (χ0v) is 19.4. The van der Waals surface area contributed by atoms with E-state index in [2.05, 4.69) is 10.1 Å². The van der Waals surface area contributed by atoms with Crippen molar-refractivity contribution in [3.05, 3.63) is 106 Å². The lowest BCUT2D eigenvalue weighted by Crippen LogP contribution is -2.20. The van der Waals surface area contributed by atoms with Gasteiger partial charge in [-0.15, -0.1) is 0 Å². The molecule has 0 aliphatic carbocycles. The quantitative estimate of drug-likeness (QED) is 0.171. The maximum Gasteiger partial charge on any atom is 0.416 e. The van der Waals surface area contributed by atoms with Crippen molar-refractivity contribution in [1.29, 1.82) is 0 Å². The monoisotopic (exact) mass is 501 g/mol. The number of esters is 1. The average Bonchev–Trinajstić information content (AvgIpc) is 2.88. The molecule has 0 atom stereocenters. The molecule has 4 aromatic carbocycles. The van der Waals surface area contributed by atoms with Crippen molar-refractivity contribution < 1.29 is 22.7 Å². The van der Waals surface area contributed by atoms with Crippen LogP contribution in [0.15, 0.2) is 94.8 Å². The molecule has 0 N–H and O–H groups in total. The van der Waals surface area contributed by atoms with Crippen LogP contribution in [0, 0.1) is 0 Å². The highest BCUT2D eigenvalue weighted by Gasteiger charge is 2.31. The normalized spacial score (nSPS) is 11.9. The van der Waals surface area contributed by atoms with E-state index < -0.39 is 23.3 Å². The molecule has 6 nitrogen and oxygen atoms in total. The Balaban J connectivity index is 1.76. The third-order valence-electron chi connectivity index (χ3n) is 5.69. The van der Waals surface area contributed by atoms with Gasteiger partial charge < -0.3 is 4.74 Å². The van der Waals surface area contributed by atoms with Crippen LogP contribution in [0.3, 0.4) is 0 Å². The molecule has 0 fully saturated rings. The Hall–Kier alpha value is -4.79. The van der Waals surface area contributed by atoms with Gasteiger partial charge in [0.05, 0.1) is 22.7 Å². The molecule has 0 saturated heterocycles. The third-order valence-corrected chi connectivity index (χ3v) is 5.69. The summed E-state index contributed by atoms with van der Waals surface area (Å²) in [6.45, 7) is 1.26. The van der Waals surface area contributed by atoms with E-state index in [4.69, 9.17) is 4.74 Å². The highest BCUT2D eigenvalue weighted by Crippen LogP contribution is 2.32. The molecule has 37 heavy (non-hydrogen) atoms. The molecular weight excluding hydrogens is 483 g/mol. The van der Waals surface area contributed by atoms with Gasteiger partial charge in [-0.1, -0.05) is 54.6 Å². The second kappa shape index (κ2) is 9.34. The highest BCUT2D eigenvalue weighted by atomic mass is 19.4. The Bertz CT molecular complexity index is 1760. The molecular formula is C28H18F3N3O3. The van der Waals surface area contributed by atoms with Gasteiger partial charge in [-0.2, -0.15) is 22.9 Å². The smallest absolute Gasteiger partial charge is 0.416 e. The minimum absolute atomic E-state index is 0.0629. The van der Waals surface area contributed by atoms with Crippen molar-refractivity contribution in [2.75, 3.05) is 0 Å². The Labute approximate surface area is 208 Å². The number of fused-ring (bicyclic) bond motifs is 2. The first kappa shape index (κ1) is 23.9. The van der Waals surface area contributed by atoms with Crippen LogP contribution in [0.1, 0.15) is 18.1 Å². The first-order valence-corrected chi connectivity index (χ1v) is 11.2. The van der Waals surface area contributed by atoms with Crippen LogP contribution in [-0.2, 0) is 11.0 Å². The number of aromatic nitrogens is 2. The van der Waals surface area contributed by atoms with Crippen LogP contribution in [0.4, 0.5) is 13.2 Å². The SMILES string of the molecule is CC(=O)Oc1ccc2ccccc2c1C=Nn1c(-c2cccc(C(F)(F)F)c2)nc2ccccc2c1=O. The second-order valence-electron chi connectivity index (χ2n) is 8.18. The Kier molecular flexibility index (Phi) is 6.04. The van der Waals surface area contributed by atoms with Gasteiger partial charge in [0.2, 0.25) is 0 Å². The Morgan fingerprint density at radius 3 is 2.43 bits per heavy atom. The van der Waals surface area contributed by atoms with Crippen molar-refractivity contribution in [3.8, 4) is 17.1 Å². The molecule has 5 rings (SSSR count). The van der Waals surface area contributed by atoms with Gasteiger partial charge in [-0.25, -0.2) is 4.98 Å². The number of hydrogen-bond donors (Lipinski definition) is 0. The summed E-state index contributed by atoms with van der Waals surface area (Å²) in [4.78, 5) is 29.6. The first-order valence-electron chi connectivity index (χ1n) is 11.2. The van der Waals surface area contributed by atoms with Crippen LogP contribution < -0.4 is 10.3 Å². The van der Waals surface area contributed by atoms with Gasteiger partial charge in [-0.3, -0.25) is 9.59 Å². The molecule has 1 aromatic heterocycles. The number of carbonyl (C=O) groups is 1. The molecule has 1 heterocycles. The number of benzene rings is 4. The number of carbonyl (C=O) groups excluding carboxylic acids is 1. The number of alkyl halides is 3. The maximum absolute atomic E-state index is 13.5. The van der Waals surface area contributed by atoms with E-state index in [1.54, 1.807) is 48.5 Å².